The predicted molar refractivity (Wildman–Crippen MR) is 97.7 cm³/mol. The Labute approximate surface area is 148 Å². The van der Waals surface area contributed by atoms with Gasteiger partial charge in [-0.2, -0.15) is 0 Å². The molecule has 0 spiro atoms. The van der Waals surface area contributed by atoms with E-state index in [-0.39, 0.29) is 5.91 Å². The normalized spacial score (nSPS) is 10.2. The van der Waals surface area contributed by atoms with Gasteiger partial charge >= 0.3 is 0 Å². The highest BCUT2D eigenvalue weighted by Crippen LogP contribution is 2.29. The molecule has 2 aromatic rings. The number of ether oxygens (including phenoxy) is 2. The van der Waals surface area contributed by atoms with Crippen LogP contribution in [0.25, 0.3) is 0 Å². The van der Waals surface area contributed by atoms with E-state index in [4.69, 9.17) is 9.47 Å². The van der Waals surface area contributed by atoms with Gasteiger partial charge < -0.3 is 19.7 Å². The van der Waals surface area contributed by atoms with Crippen LogP contribution < -0.4 is 19.7 Å². The number of methoxy groups -OCH3 is 2. The first-order chi connectivity index (χ1) is 12.1. The first kappa shape index (κ1) is 18.5. The fraction of sp³-hybridized carbons (Fsp3) is 0.389. The van der Waals surface area contributed by atoms with Crippen LogP contribution in [0.3, 0.4) is 0 Å². The number of unbranched alkanes of at least 4 members (excludes halogenated alkanes) is 1. The predicted octanol–water partition coefficient (Wildman–Crippen LogP) is 2.98. The Morgan fingerprint density at radius 3 is 2.44 bits per heavy atom. The van der Waals surface area contributed by atoms with E-state index in [0.717, 1.165) is 19.4 Å². The van der Waals surface area contributed by atoms with Crippen molar-refractivity contribution in [3.63, 3.8) is 0 Å². The van der Waals surface area contributed by atoms with E-state index in [1.807, 2.05) is 11.9 Å². The van der Waals surface area contributed by atoms with E-state index in [9.17, 15) is 4.79 Å². The summed E-state index contributed by atoms with van der Waals surface area (Å²) in [6.45, 7) is 3.02. The molecule has 0 saturated heterocycles. The smallest absolute Gasteiger partial charge is 0.258 e. The Hall–Kier alpha value is -2.83. The number of nitrogens with one attached hydrogen (secondary N) is 1. The van der Waals surface area contributed by atoms with Crippen molar-refractivity contribution in [1.29, 1.82) is 0 Å². The third kappa shape index (κ3) is 4.82. The molecule has 1 heterocycles. The van der Waals surface area contributed by atoms with Crippen molar-refractivity contribution in [3.8, 4) is 11.5 Å². The Bertz CT molecular complexity index is 704. The molecule has 0 aliphatic heterocycles. The number of anilines is 2. The minimum atomic E-state index is -0.282. The van der Waals surface area contributed by atoms with E-state index in [2.05, 4.69) is 22.2 Å². The summed E-state index contributed by atoms with van der Waals surface area (Å²) in [5.74, 6) is 1.47. The minimum absolute atomic E-state index is 0.282. The van der Waals surface area contributed by atoms with Crippen LogP contribution in [0.5, 0.6) is 11.5 Å². The van der Waals surface area contributed by atoms with Gasteiger partial charge in [-0.1, -0.05) is 13.3 Å². The average molecular weight is 344 g/mol. The first-order valence-corrected chi connectivity index (χ1v) is 8.15. The lowest BCUT2D eigenvalue weighted by atomic mass is 10.2. The number of hydrogen-bond acceptors (Lipinski definition) is 6. The van der Waals surface area contributed by atoms with Crippen molar-refractivity contribution in [2.45, 2.75) is 19.8 Å². The lowest BCUT2D eigenvalue weighted by Crippen LogP contribution is -2.21. The maximum absolute atomic E-state index is 12.3. The Balaban J connectivity index is 2.06. The Morgan fingerprint density at radius 2 is 1.84 bits per heavy atom. The third-order valence-electron chi connectivity index (χ3n) is 3.73. The molecule has 134 valence electrons. The fourth-order valence-corrected chi connectivity index (χ4v) is 2.25. The van der Waals surface area contributed by atoms with Crippen molar-refractivity contribution in [2.75, 3.05) is 38.0 Å². The van der Waals surface area contributed by atoms with Crippen molar-refractivity contribution in [3.05, 3.63) is 36.2 Å². The van der Waals surface area contributed by atoms with Crippen LogP contribution in [-0.4, -0.2) is 43.7 Å². The molecule has 1 N–H and O–H groups in total. The summed E-state index contributed by atoms with van der Waals surface area (Å²) in [6, 6.07) is 5.17. The first-order valence-electron chi connectivity index (χ1n) is 8.15. The molecular weight excluding hydrogens is 320 g/mol. The number of carbonyl (C=O) groups is 1. The van der Waals surface area contributed by atoms with Gasteiger partial charge in [-0.25, -0.2) is 9.97 Å². The molecule has 0 aliphatic rings. The molecule has 7 nitrogen and oxygen atoms in total. The van der Waals surface area contributed by atoms with Gasteiger partial charge in [0.15, 0.2) is 11.5 Å². The van der Waals surface area contributed by atoms with Crippen LogP contribution in [0.1, 0.15) is 30.1 Å². The number of aromatic nitrogens is 2. The molecule has 0 atom stereocenters. The second-order valence-corrected chi connectivity index (χ2v) is 5.57. The highest BCUT2D eigenvalue weighted by Gasteiger charge is 2.11. The average Bonchev–Trinajstić information content (AvgIpc) is 2.66. The molecule has 25 heavy (non-hydrogen) atoms. The Morgan fingerprint density at radius 1 is 1.16 bits per heavy atom. The maximum Gasteiger partial charge on any atom is 0.258 e. The van der Waals surface area contributed by atoms with Crippen molar-refractivity contribution in [1.82, 2.24) is 9.97 Å². The molecule has 0 unspecified atom stereocenters. The highest BCUT2D eigenvalue weighted by molar-refractivity contribution is 6.04. The SMILES string of the molecule is CCCCN(C)c1ncc(C(=O)Nc2ccc(OC)c(OC)c2)cn1. The summed E-state index contributed by atoms with van der Waals surface area (Å²) in [7, 11) is 5.05. The zero-order chi connectivity index (χ0) is 18.2. The summed E-state index contributed by atoms with van der Waals surface area (Å²) in [6.07, 6.45) is 5.24. The van der Waals surface area contributed by atoms with Gasteiger partial charge in [-0.3, -0.25) is 4.79 Å². The van der Waals surface area contributed by atoms with Gasteiger partial charge in [0.1, 0.15) is 0 Å². The van der Waals surface area contributed by atoms with E-state index in [1.165, 1.54) is 12.4 Å². The molecule has 1 aromatic carbocycles. The van der Waals surface area contributed by atoms with Gasteiger partial charge in [-0.05, 0) is 18.6 Å². The quantitative estimate of drug-likeness (QED) is 0.793. The summed E-state index contributed by atoms with van der Waals surface area (Å²) in [5, 5.41) is 2.80. The van der Waals surface area contributed by atoms with E-state index in [1.54, 1.807) is 32.4 Å². The van der Waals surface area contributed by atoms with Gasteiger partial charge in [0.2, 0.25) is 5.95 Å². The molecule has 0 radical (unpaired) electrons. The van der Waals surface area contributed by atoms with Crippen LogP contribution in [0, 0.1) is 0 Å². The molecule has 0 bridgehead atoms. The maximum atomic E-state index is 12.3. The van der Waals surface area contributed by atoms with Crippen molar-refractivity contribution < 1.29 is 14.3 Å². The summed E-state index contributed by atoms with van der Waals surface area (Å²) < 4.78 is 10.4. The highest BCUT2D eigenvalue weighted by atomic mass is 16.5. The Kier molecular flexibility index (Phi) is 6.56. The second-order valence-electron chi connectivity index (χ2n) is 5.57. The van der Waals surface area contributed by atoms with Crippen LogP contribution in [-0.2, 0) is 0 Å². The number of rotatable bonds is 8. The molecule has 1 aromatic heterocycles. The molecule has 0 saturated carbocycles. The van der Waals surface area contributed by atoms with Gasteiger partial charge in [0.25, 0.3) is 5.91 Å². The van der Waals surface area contributed by atoms with Crippen LogP contribution in [0.4, 0.5) is 11.6 Å². The molecule has 7 heteroatoms. The molecule has 1 amide bonds. The van der Waals surface area contributed by atoms with Gasteiger partial charge in [-0.15, -0.1) is 0 Å². The second kappa shape index (κ2) is 8.86. The number of carbonyl (C=O) groups excluding carboxylic acids is 1. The number of nitrogens with zero attached hydrogens (tertiary/aromatic N) is 3. The van der Waals surface area contributed by atoms with Gasteiger partial charge in [0.05, 0.1) is 19.8 Å². The standard InChI is InChI=1S/C18H24N4O3/c1-5-6-9-22(2)18-19-11-13(12-20-18)17(23)21-14-7-8-15(24-3)16(10-14)25-4/h7-8,10-12H,5-6,9H2,1-4H3,(H,21,23). The van der Waals surface area contributed by atoms with Crippen molar-refractivity contribution >= 4 is 17.5 Å². The van der Waals surface area contributed by atoms with Gasteiger partial charge in [0, 0.05) is 37.7 Å². The van der Waals surface area contributed by atoms with E-state index < -0.39 is 0 Å². The van der Waals surface area contributed by atoms with E-state index in [0.29, 0.717) is 28.7 Å². The van der Waals surface area contributed by atoms with E-state index >= 15 is 0 Å². The zero-order valence-corrected chi connectivity index (χ0v) is 15.1. The molecule has 0 aliphatic carbocycles. The number of hydrogen-bond donors (Lipinski definition) is 1. The lowest BCUT2D eigenvalue weighted by Gasteiger charge is -2.16. The van der Waals surface area contributed by atoms with Crippen LogP contribution in [0.15, 0.2) is 30.6 Å². The third-order valence-corrected chi connectivity index (χ3v) is 3.73. The lowest BCUT2D eigenvalue weighted by molar-refractivity contribution is 0.102. The number of benzene rings is 1. The zero-order valence-electron chi connectivity index (χ0n) is 15.1. The van der Waals surface area contributed by atoms with Crippen LogP contribution in [0.2, 0.25) is 0 Å². The molecular formula is C18H24N4O3. The monoisotopic (exact) mass is 344 g/mol. The molecule has 2 rings (SSSR count). The minimum Gasteiger partial charge on any atom is -0.493 e. The summed E-state index contributed by atoms with van der Waals surface area (Å²) in [5.41, 5.74) is 0.995. The van der Waals surface area contributed by atoms with Crippen LogP contribution >= 0.6 is 0 Å². The topological polar surface area (TPSA) is 76.6 Å². The molecule has 0 fully saturated rings. The van der Waals surface area contributed by atoms with Crippen molar-refractivity contribution in [2.24, 2.45) is 0 Å². The summed E-state index contributed by atoms with van der Waals surface area (Å²) >= 11 is 0. The number of amides is 1. The largest absolute Gasteiger partial charge is 0.493 e. The summed E-state index contributed by atoms with van der Waals surface area (Å²) in [4.78, 5) is 22.8. The fourth-order valence-electron chi connectivity index (χ4n) is 2.25.